The summed E-state index contributed by atoms with van der Waals surface area (Å²) in [5.41, 5.74) is -1.03. The van der Waals surface area contributed by atoms with E-state index >= 15 is 0 Å². The van der Waals surface area contributed by atoms with Gasteiger partial charge in [-0.1, -0.05) is 12.1 Å². The van der Waals surface area contributed by atoms with Gasteiger partial charge in [-0.25, -0.2) is 4.79 Å². The maximum absolute atomic E-state index is 12.2. The van der Waals surface area contributed by atoms with Crippen molar-refractivity contribution in [3.8, 4) is 5.75 Å². The number of carbonyl (C=O) groups is 1. The van der Waals surface area contributed by atoms with E-state index in [0.717, 1.165) is 5.56 Å². The number of benzene rings is 1. The van der Waals surface area contributed by atoms with Crippen LogP contribution < -0.4 is 4.74 Å². The summed E-state index contributed by atoms with van der Waals surface area (Å²) >= 11 is 0. The molecule has 0 aliphatic carbocycles. The minimum Gasteiger partial charge on any atom is -0.462 e. The molecule has 13 nitrogen and oxygen atoms in total. The number of carbonyl (C=O) groups excluding carboxylic acids is 1. The zero-order valence-corrected chi connectivity index (χ0v) is 20.3. The summed E-state index contributed by atoms with van der Waals surface area (Å²) in [7, 11) is 0. The number of nitrogens with zero attached hydrogens (tertiary/aromatic N) is 1. The lowest BCUT2D eigenvalue weighted by molar-refractivity contribution is -0.318. The van der Waals surface area contributed by atoms with Gasteiger partial charge < -0.3 is 54.3 Å². The largest absolute Gasteiger partial charge is 0.462 e. The molecule has 0 saturated carbocycles. The second-order valence-corrected chi connectivity index (χ2v) is 9.09. The fourth-order valence-corrected chi connectivity index (χ4v) is 4.10. The van der Waals surface area contributed by atoms with Crippen molar-refractivity contribution in [3.63, 3.8) is 0 Å². The standard InChI is InChI=1S/C25H31NO12/c27-9-7-14-3-5-16(6-4-14)36-23-20(19(30)18(29)17(11-28)37-23)38-24-21(31)25(33,13-35-24)12-34-22(32)15-2-1-8-26-10-15/h1-6,8,10,17-21,23-24,27-31,33H,7,9,11-13H2/t17-,18-,19+,20-,21+,23-,24+,25+/m1/s1. The molecular formula is C25H31NO12. The average Bonchev–Trinajstić information content (AvgIpc) is 3.21. The molecule has 2 aromatic rings. The van der Waals surface area contributed by atoms with Crippen molar-refractivity contribution in [3.05, 3.63) is 59.9 Å². The monoisotopic (exact) mass is 537 g/mol. The summed E-state index contributed by atoms with van der Waals surface area (Å²) in [5, 5.41) is 61.3. The van der Waals surface area contributed by atoms with E-state index in [-0.39, 0.29) is 12.2 Å². The van der Waals surface area contributed by atoms with E-state index in [4.69, 9.17) is 28.8 Å². The van der Waals surface area contributed by atoms with Crippen molar-refractivity contribution in [1.82, 2.24) is 4.98 Å². The first-order chi connectivity index (χ1) is 18.3. The Bertz CT molecular complexity index is 1040. The van der Waals surface area contributed by atoms with E-state index in [9.17, 15) is 30.3 Å². The number of esters is 1. The number of aliphatic hydroxyl groups is 6. The Kier molecular flexibility index (Phi) is 9.25. The summed E-state index contributed by atoms with van der Waals surface area (Å²) in [6.45, 7) is -1.74. The van der Waals surface area contributed by atoms with Crippen LogP contribution in [0.1, 0.15) is 15.9 Å². The molecule has 0 unspecified atom stereocenters. The number of aliphatic hydroxyl groups excluding tert-OH is 5. The Labute approximate surface area is 217 Å². The van der Waals surface area contributed by atoms with E-state index in [1.54, 1.807) is 24.3 Å². The van der Waals surface area contributed by atoms with Crippen LogP contribution in [-0.2, 0) is 25.4 Å². The number of hydrogen-bond donors (Lipinski definition) is 6. The third-order valence-corrected chi connectivity index (χ3v) is 6.35. The second kappa shape index (κ2) is 12.4. The van der Waals surface area contributed by atoms with E-state index in [1.165, 1.54) is 24.5 Å². The number of ether oxygens (including phenoxy) is 5. The van der Waals surface area contributed by atoms with Crippen LogP contribution in [0, 0.1) is 0 Å². The first-order valence-corrected chi connectivity index (χ1v) is 12.0. The molecule has 208 valence electrons. The molecule has 2 saturated heterocycles. The van der Waals surface area contributed by atoms with Gasteiger partial charge in [0.1, 0.15) is 36.8 Å². The Morgan fingerprint density at radius 2 is 1.84 bits per heavy atom. The highest BCUT2D eigenvalue weighted by Crippen LogP contribution is 2.32. The molecule has 2 fully saturated rings. The van der Waals surface area contributed by atoms with Crippen molar-refractivity contribution >= 4 is 5.97 Å². The molecule has 8 atom stereocenters. The number of aromatic nitrogens is 1. The number of hydrogen-bond acceptors (Lipinski definition) is 13. The lowest BCUT2D eigenvalue weighted by atomic mass is 9.98. The van der Waals surface area contributed by atoms with Gasteiger partial charge >= 0.3 is 5.97 Å². The summed E-state index contributed by atoms with van der Waals surface area (Å²) in [4.78, 5) is 16.0. The molecule has 2 aliphatic rings. The van der Waals surface area contributed by atoms with Gasteiger partial charge in [-0.3, -0.25) is 4.98 Å². The van der Waals surface area contributed by atoms with Crippen LogP contribution in [0.2, 0.25) is 0 Å². The molecule has 4 rings (SSSR count). The van der Waals surface area contributed by atoms with Crippen molar-refractivity contribution in [1.29, 1.82) is 0 Å². The van der Waals surface area contributed by atoms with Gasteiger partial charge in [0.05, 0.1) is 18.8 Å². The Morgan fingerprint density at radius 3 is 2.50 bits per heavy atom. The maximum Gasteiger partial charge on any atom is 0.339 e. The molecule has 3 heterocycles. The minimum atomic E-state index is -2.03. The Balaban J connectivity index is 1.43. The molecule has 6 N–H and O–H groups in total. The predicted octanol–water partition coefficient (Wildman–Crippen LogP) is -1.88. The zero-order chi connectivity index (χ0) is 27.3. The summed E-state index contributed by atoms with van der Waals surface area (Å²) in [6, 6.07) is 9.66. The van der Waals surface area contributed by atoms with E-state index in [0.29, 0.717) is 12.2 Å². The van der Waals surface area contributed by atoms with Crippen LogP contribution >= 0.6 is 0 Å². The third-order valence-electron chi connectivity index (χ3n) is 6.35. The van der Waals surface area contributed by atoms with E-state index in [2.05, 4.69) is 4.98 Å². The fourth-order valence-electron chi connectivity index (χ4n) is 4.10. The Morgan fingerprint density at radius 1 is 1.08 bits per heavy atom. The smallest absolute Gasteiger partial charge is 0.339 e. The summed E-state index contributed by atoms with van der Waals surface area (Å²) in [6.07, 6.45) is -7.20. The van der Waals surface area contributed by atoms with Crippen LogP contribution in [0.15, 0.2) is 48.8 Å². The van der Waals surface area contributed by atoms with Gasteiger partial charge in [-0.05, 0) is 36.2 Å². The van der Waals surface area contributed by atoms with Crippen molar-refractivity contribution in [2.45, 2.75) is 55.1 Å². The van der Waals surface area contributed by atoms with Gasteiger partial charge in [0, 0.05) is 19.0 Å². The van der Waals surface area contributed by atoms with Crippen LogP contribution in [0.5, 0.6) is 5.75 Å². The molecular weight excluding hydrogens is 506 g/mol. The molecule has 0 radical (unpaired) electrons. The Hall–Kier alpha value is -2.72. The molecule has 1 aromatic heterocycles. The highest BCUT2D eigenvalue weighted by molar-refractivity contribution is 5.88. The number of pyridine rings is 1. The molecule has 0 amide bonds. The van der Waals surface area contributed by atoms with Crippen LogP contribution in [0.3, 0.4) is 0 Å². The third kappa shape index (κ3) is 6.29. The average molecular weight is 538 g/mol. The molecule has 13 heteroatoms. The lowest BCUT2D eigenvalue weighted by Gasteiger charge is -2.42. The van der Waals surface area contributed by atoms with Crippen LogP contribution in [0.25, 0.3) is 0 Å². The normalized spacial score (nSPS) is 33.2. The highest BCUT2D eigenvalue weighted by Gasteiger charge is 2.54. The van der Waals surface area contributed by atoms with Crippen molar-refractivity contribution < 1.29 is 59.1 Å². The second-order valence-electron chi connectivity index (χ2n) is 9.09. The van der Waals surface area contributed by atoms with Gasteiger partial charge in [0.25, 0.3) is 0 Å². The summed E-state index contributed by atoms with van der Waals surface area (Å²) in [5.74, 6) is -0.465. The zero-order valence-electron chi connectivity index (χ0n) is 20.3. The molecule has 0 bridgehead atoms. The van der Waals surface area contributed by atoms with Gasteiger partial charge in [0.15, 0.2) is 18.0 Å². The lowest BCUT2D eigenvalue weighted by Crippen LogP contribution is -2.62. The first-order valence-electron chi connectivity index (χ1n) is 12.0. The predicted molar refractivity (Wildman–Crippen MR) is 126 cm³/mol. The van der Waals surface area contributed by atoms with Crippen molar-refractivity contribution in [2.24, 2.45) is 0 Å². The molecule has 38 heavy (non-hydrogen) atoms. The first kappa shape index (κ1) is 28.3. The maximum atomic E-state index is 12.2. The van der Waals surface area contributed by atoms with Crippen LogP contribution in [0.4, 0.5) is 0 Å². The topological polar surface area (TPSA) is 197 Å². The number of rotatable bonds is 10. The molecule has 2 aliphatic heterocycles. The minimum absolute atomic E-state index is 0.0250. The SMILES string of the molecule is O=C(OC[C@]1(O)CO[C@@H](O[C@H]2[C@H](Oc3ccc(CCO)cc3)O[C@H](CO)[C@@H](O)[C@@H]2O)[C@@H]1O)c1cccnc1. The fraction of sp³-hybridized carbons (Fsp3) is 0.520. The molecule has 0 spiro atoms. The van der Waals surface area contributed by atoms with Crippen LogP contribution in [-0.4, -0.2) is 117 Å². The van der Waals surface area contributed by atoms with E-state index in [1.807, 2.05) is 0 Å². The van der Waals surface area contributed by atoms with Gasteiger partial charge in [-0.2, -0.15) is 0 Å². The van der Waals surface area contributed by atoms with E-state index < -0.39 is 74.5 Å². The van der Waals surface area contributed by atoms with Gasteiger partial charge in [0.2, 0.25) is 6.29 Å². The summed E-state index contributed by atoms with van der Waals surface area (Å²) < 4.78 is 27.7. The van der Waals surface area contributed by atoms with Crippen molar-refractivity contribution in [2.75, 3.05) is 26.4 Å². The quantitative estimate of drug-likeness (QED) is 0.184. The van der Waals surface area contributed by atoms with Gasteiger partial charge in [-0.15, -0.1) is 0 Å². The highest BCUT2D eigenvalue weighted by atomic mass is 16.8. The molecule has 1 aromatic carbocycles.